The third kappa shape index (κ3) is 4.45. The Bertz CT molecular complexity index is 317. The van der Waals surface area contributed by atoms with Gasteiger partial charge in [-0.15, -0.1) is 0 Å². The first-order chi connectivity index (χ1) is 7.39. The van der Waals surface area contributed by atoms with Crippen LogP contribution in [-0.4, -0.2) is 28.6 Å². The Morgan fingerprint density at radius 3 is 2.56 bits per heavy atom. The highest BCUT2D eigenvalue weighted by Gasteiger charge is 2.19. The quantitative estimate of drug-likeness (QED) is 0.806. The smallest absolute Gasteiger partial charge is 0.293 e. The van der Waals surface area contributed by atoms with Crippen molar-refractivity contribution in [1.82, 2.24) is 14.7 Å². The van der Waals surface area contributed by atoms with E-state index < -0.39 is 0 Å². The van der Waals surface area contributed by atoms with Gasteiger partial charge in [0.15, 0.2) is 5.82 Å². The standard InChI is InChI=1S/C11H21N3OS/c1-8(2)12-6-7-15-10-13-9(14-16-10)11(3,4)5/h8,12H,6-7H2,1-5H3. The summed E-state index contributed by atoms with van der Waals surface area (Å²) in [6.45, 7) is 12.0. The molecule has 0 atom stereocenters. The van der Waals surface area contributed by atoms with Gasteiger partial charge in [-0.25, -0.2) is 0 Å². The minimum Gasteiger partial charge on any atom is -0.468 e. The van der Waals surface area contributed by atoms with Gasteiger partial charge in [0.2, 0.25) is 0 Å². The number of hydrogen-bond acceptors (Lipinski definition) is 5. The first-order valence-corrected chi connectivity index (χ1v) is 6.37. The van der Waals surface area contributed by atoms with Gasteiger partial charge in [0, 0.05) is 29.5 Å². The minimum atomic E-state index is -0.00566. The molecule has 5 heteroatoms. The number of nitrogens with zero attached hydrogens (tertiary/aromatic N) is 2. The second-order valence-electron chi connectivity index (χ2n) is 5.09. The van der Waals surface area contributed by atoms with Crippen molar-refractivity contribution >= 4 is 11.5 Å². The molecule has 92 valence electrons. The topological polar surface area (TPSA) is 47.0 Å². The minimum absolute atomic E-state index is 0.00566. The Morgan fingerprint density at radius 2 is 2.06 bits per heavy atom. The van der Waals surface area contributed by atoms with Crippen LogP contribution < -0.4 is 10.1 Å². The highest BCUT2D eigenvalue weighted by Crippen LogP contribution is 2.23. The van der Waals surface area contributed by atoms with E-state index in [-0.39, 0.29) is 5.41 Å². The molecule has 0 aliphatic rings. The van der Waals surface area contributed by atoms with Gasteiger partial charge in [-0.3, -0.25) is 0 Å². The molecule has 1 heterocycles. The van der Waals surface area contributed by atoms with E-state index in [1.807, 2.05) is 0 Å². The Kier molecular flexibility index (Phi) is 4.68. The van der Waals surface area contributed by atoms with Gasteiger partial charge in [0.25, 0.3) is 5.19 Å². The lowest BCUT2D eigenvalue weighted by molar-refractivity contribution is 0.305. The normalized spacial score (nSPS) is 12.1. The molecule has 1 aromatic rings. The monoisotopic (exact) mass is 243 g/mol. The summed E-state index contributed by atoms with van der Waals surface area (Å²) < 4.78 is 9.80. The van der Waals surface area contributed by atoms with Crippen molar-refractivity contribution in [3.05, 3.63) is 5.82 Å². The van der Waals surface area contributed by atoms with E-state index in [1.54, 1.807) is 0 Å². The fourth-order valence-corrected chi connectivity index (χ4v) is 1.80. The fourth-order valence-electron chi connectivity index (χ4n) is 1.06. The van der Waals surface area contributed by atoms with E-state index in [4.69, 9.17) is 4.74 Å². The molecule has 0 saturated carbocycles. The molecule has 1 N–H and O–H groups in total. The molecule has 0 spiro atoms. The lowest BCUT2D eigenvalue weighted by atomic mass is 9.96. The Balaban J connectivity index is 2.36. The maximum atomic E-state index is 5.51. The molecule has 0 aliphatic carbocycles. The van der Waals surface area contributed by atoms with Gasteiger partial charge in [-0.2, -0.15) is 9.36 Å². The van der Waals surface area contributed by atoms with E-state index in [9.17, 15) is 0 Å². The SMILES string of the molecule is CC(C)NCCOc1nc(C(C)(C)C)ns1. The Hall–Kier alpha value is -0.680. The van der Waals surface area contributed by atoms with Gasteiger partial charge in [-0.1, -0.05) is 34.6 Å². The first-order valence-electron chi connectivity index (χ1n) is 5.60. The summed E-state index contributed by atoms with van der Waals surface area (Å²) in [7, 11) is 0. The average Bonchev–Trinajstić information content (AvgIpc) is 2.59. The summed E-state index contributed by atoms with van der Waals surface area (Å²) in [5.74, 6) is 0.851. The molecule has 0 radical (unpaired) electrons. The van der Waals surface area contributed by atoms with Crippen molar-refractivity contribution in [1.29, 1.82) is 0 Å². The van der Waals surface area contributed by atoms with Gasteiger partial charge in [-0.05, 0) is 0 Å². The predicted molar refractivity (Wildman–Crippen MR) is 67.2 cm³/mol. The van der Waals surface area contributed by atoms with E-state index in [2.05, 4.69) is 49.3 Å². The molecular weight excluding hydrogens is 222 g/mol. The number of nitrogens with one attached hydrogen (secondary N) is 1. The largest absolute Gasteiger partial charge is 0.468 e. The number of hydrogen-bond donors (Lipinski definition) is 1. The second-order valence-corrected chi connectivity index (χ2v) is 5.81. The molecule has 0 fully saturated rings. The molecule has 0 unspecified atom stereocenters. The summed E-state index contributed by atoms with van der Waals surface area (Å²) in [6.07, 6.45) is 0. The zero-order chi connectivity index (χ0) is 12.2. The number of rotatable bonds is 5. The summed E-state index contributed by atoms with van der Waals surface area (Å²) >= 11 is 1.32. The maximum Gasteiger partial charge on any atom is 0.293 e. The highest BCUT2D eigenvalue weighted by molar-refractivity contribution is 7.07. The van der Waals surface area contributed by atoms with Crippen molar-refractivity contribution in [2.24, 2.45) is 0 Å². The van der Waals surface area contributed by atoms with Crippen LogP contribution in [-0.2, 0) is 5.41 Å². The predicted octanol–water partition coefficient (Wildman–Crippen LogP) is 2.21. The highest BCUT2D eigenvalue weighted by atomic mass is 32.1. The maximum absolute atomic E-state index is 5.51. The molecular formula is C11H21N3OS. The lowest BCUT2D eigenvalue weighted by Crippen LogP contribution is -2.27. The van der Waals surface area contributed by atoms with Crippen molar-refractivity contribution in [3.8, 4) is 5.19 Å². The molecule has 16 heavy (non-hydrogen) atoms. The van der Waals surface area contributed by atoms with Gasteiger partial charge in [0.05, 0.1) is 0 Å². The molecule has 0 aromatic carbocycles. The molecule has 0 saturated heterocycles. The molecule has 4 nitrogen and oxygen atoms in total. The van der Waals surface area contributed by atoms with Crippen molar-refractivity contribution in [3.63, 3.8) is 0 Å². The third-order valence-electron chi connectivity index (χ3n) is 1.96. The zero-order valence-electron chi connectivity index (χ0n) is 10.7. The van der Waals surface area contributed by atoms with Crippen LogP contribution >= 0.6 is 11.5 Å². The third-order valence-corrected chi connectivity index (χ3v) is 2.59. The Morgan fingerprint density at radius 1 is 1.38 bits per heavy atom. The molecule has 0 amide bonds. The van der Waals surface area contributed by atoms with E-state index in [0.717, 1.165) is 12.4 Å². The summed E-state index contributed by atoms with van der Waals surface area (Å²) in [5.41, 5.74) is -0.00566. The van der Waals surface area contributed by atoms with Crippen LogP contribution in [0.25, 0.3) is 0 Å². The van der Waals surface area contributed by atoms with Crippen molar-refractivity contribution in [2.45, 2.75) is 46.1 Å². The number of ether oxygens (including phenoxy) is 1. The van der Waals surface area contributed by atoms with Crippen LogP contribution in [0.5, 0.6) is 5.19 Å². The van der Waals surface area contributed by atoms with E-state index >= 15 is 0 Å². The zero-order valence-corrected chi connectivity index (χ0v) is 11.5. The average molecular weight is 243 g/mol. The summed E-state index contributed by atoms with van der Waals surface area (Å²) in [5, 5.41) is 3.95. The van der Waals surface area contributed by atoms with E-state index in [1.165, 1.54) is 11.5 Å². The first kappa shape index (κ1) is 13.4. The molecule has 1 aromatic heterocycles. The van der Waals surface area contributed by atoms with Crippen LogP contribution in [0.1, 0.15) is 40.4 Å². The van der Waals surface area contributed by atoms with Crippen LogP contribution in [0.15, 0.2) is 0 Å². The number of aromatic nitrogens is 2. The van der Waals surface area contributed by atoms with Gasteiger partial charge >= 0.3 is 0 Å². The second kappa shape index (κ2) is 5.59. The van der Waals surface area contributed by atoms with Crippen LogP contribution in [0.3, 0.4) is 0 Å². The van der Waals surface area contributed by atoms with Gasteiger partial charge in [0.1, 0.15) is 6.61 Å². The molecule has 1 rings (SSSR count). The lowest BCUT2D eigenvalue weighted by Gasteiger charge is -2.12. The van der Waals surface area contributed by atoms with E-state index in [0.29, 0.717) is 17.8 Å². The van der Waals surface area contributed by atoms with Crippen LogP contribution in [0.4, 0.5) is 0 Å². The molecule has 0 bridgehead atoms. The fraction of sp³-hybridized carbons (Fsp3) is 0.818. The van der Waals surface area contributed by atoms with Crippen molar-refractivity contribution < 1.29 is 4.74 Å². The summed E-state index contributed by atoms with van der Waals surface area (Å²) in [4.78, 5) is 4.36. The molecule has 0 aliphatic heterocycles. The van der Waals surface area contributed by atoms with Crippen LogP contribution in [0, 0.1) is 0 Å². The summed E-state index contributed by atoms with van der Waals surface area (Å²) in [6, 6.07) is 0.489. The Labute approximate surface area is 102 Å². The van der Waals surface area contributed by atoms with Crippen molar-refractivity contribution in [2.75, 3.05) is 13.2 Å². The van der Waals surface area contributed by atoms with Crippen LogP contribution in [0.2, 0.25) is 0 Å². The van der Waals surface area contributed by atoms with Gasteiger partial charge < -0.3 is 10.1 Å².